The summed E-state index contributed by atoms with van der Waals surface area (Å²) in [4.78, 5) is 0. The summed E-state index contributed by atoms with van der Waals surface area (Å²) < 4.78 is 0. The zero-order valence-electron chi connectivity index (χ0n) is 8.84. The molecule has 76 valence electrons. The maximum Gasteiger partial charge on any atom is 0.0416 e. The molecule has 0 radical (unpaired) electrons. The van der Waals surface area contributed by atoms with Gasteiger partial charge in [-0.3, -0.25) is 11.3 Å². The van der Waals surface area contributed by atoms with Gasteiger partial charge in [0.15, 0.2) is 0 Å². The number of rotatable bonds is 3. The Morgan fingerprint density at radius 3 is 2.38 bits per heavy atom. The van der Waals surface area contributed by atoms with Gasteiger partial charge in [0.25, 0.3) is 0 Å². The first-order chi connectivity index (χ1) is 6.09. The first-order valence-electron chi connectivity index (χ1n) is 5.18. The highest BCUT2D eigenvalue weighted by molar-refractivity contribution is 4.93. The Kier molecular flexibility index (Phi) is 3.51. The number of hydrogen-bond acceptors (Lipinski definition) is 2. The molecular weight excluding hydrogens is 160 g/mol. The minimum atomic E-state index is 0.302. The van der Waals surface area contributed by atoms with Gasteiger partial charge in [0, 0.05) is 6.04 Å². The molecule has 0 amide bonds. The van der Waals surface area contributed by atoms with Crippen LogP contribution in [0.2, 0.25) is 0 Å². The first-order valence-corrected chi connectivity index (χ1v) is 5.18. The van der Waals surface area contributed by atoms with Crippen molar-refractivity contribution in [3.8, 4) is 0 Å². The molecular formula is C11H22N2. The van der Waals surface area contributed by atoms with Gasteiger partial charge in [-0.1, -0.05) is 19.9 Å². The highest BCUT2D eigenvalue weighted by Crippen LogP contribution is 2.39. The fourth-order valence-corrected chi connectivity index (χ4v) is 2.18. The van der Waals surface area contributed by atoms with Crippen LogP contribution in [0.4, 0.5) is 0 Å². The van der Waals surface area contributed by atoms with Crippen LogP contribution < -0.4 is 11.3 Å². The van der Waals surface area contributed by atoms with Crippen molar-refractivity contribution in [1.29, 1.82) is 0 Å². The van der Waals surface area contributed by atoms with E-state index in [2.05, 4.69) is 25.9 Å². The Morgan fingerprint density at radius 2 is 2.00 bits per heavy atom. The van der Waals surface area contributed by atoms with Crippen molar-refractivity contribution >= 4 is 0 Å². The van der Waals surface area contributed by atoms with Gasteiger partial charge in [-0.25, -0.2) is 0 Å². The third kappa shape index (κ3) is 2.82. The van der Waals surface area contributed by atoms with Crippen LogP contribution in [-0.4, -0.2) is 6.04 Å². The van der Waals surface area contributed by atoms with Crippen molar-refractivity contribution in [2.24, 2.45) is 17.2 Å². The summed E-state index contributed by atoms with van der Waals surface area (Å²) in [6.45, 7) is 8.50. The SMILES string of the molecule is C=CC(NN)C1CCC(C)(C)CC1. The molecule has 2 nitrogen and oxygen atoms in total. The van der Waals surface area contributed by atoms with E-state index in [1.54, 1.807) is 0 Å². The summed E-state index contributed by atoms with van der Waals surface area (Å²) in [5.41, 5.74) is 3.37. The summed E-state index contributed by atoms with van der Waals surface area (Å²) >= 11 is 0. The first kappa shape index (κ1) is 10.7. The van der Waals surface area contributed by atoms with Gasteiger partial charge in [0.1, 0.15) is 0 Å². The molecule has 0 bridgehead atoms. The molecule has 0 saturated heterocycles. The van der Waals surface area contributed by atoms with Gasteiger partial charge in [-0.2, -0.15) is 0 Å². The maximum absolute atomic E-state index is 5.46. The van der Waals surface area contributed by atoms with Crippen molar-refractivity contribution < 1.29 is 0 Å². The predicted octanol–water partition coefficient (Wildman–Crippen LogP) is 2.22. The molecule has 1 unspecified atom stereocenters. The third-order valence-electron chi connectivity index (χ3n) is 3.34. The topological polar surface area (TPSA) is 38.0 Å². The van der Waals surface area contributed by atoms with Crippen molar-refractivity contribution in [3.63, 3.8) is 0 Å². The minimum Gasteiger partial charge on any atom is -0.271 e. The quantitative estimate of drug-likeness (QED) is 0.399. The molecule has 0 heterocycles. The average Bonchev–Trinajstić information content (AvgIpc) is 2.09. The highest BCUT2D eigenvalue weighted by Gasteiger charge is 2.29. The predicted molar refractivity (Wildman–Crippen MR) is 57.0 cm³/mol. The van der Waals surface area contributed by atoms with E-state index < -0.39 is 0 Å². The lowest BCUT2D eigenvalue weighted by Gasteiger charge is -2.36. The smallest absolute Gasteiger partial charge is 0.0416 e. The molecule has 1 aliphatic rings. The molecule has 0 aromatic carbocycles. The lowest BCUT2D eigenvalue weighted by Crippen LogP contribution is -2.41. The maximum atomic E-state index is 5.46. The molecule has 0 spiro atoms. The van der Waals surface area contributed by atoms with Gasteiger partial charge in [0.05, 0.1) is 0 Å². The van der Waals surface area contributed by atoms with E-state index in [1.807, 2.05) is 6.08 Å². The van der Waals surface area contributed by atoms with Crippen LogP contribution in [0.3, 0.4) is 0 Å². The lowest BCUT2D eigenvalue weighted by atomic mass is 9.71. The second-order valence-electron chi connectivity index (χ2n) is 4.93. The van der Waals surface area contributed by atoms with E-state index in [9.17, 15) is 0 Å². The molecule has 1 aliphatic carbocycles. The second-order valence-corrected chi connectivity index (χ2v) is 4.93. The third-order valence-corrected chi connectivity index (χ3v) is 3.34. The van der Waals surface area contributed by atoms with Gasteiger partial charge < -0.3 is 0 Å². The monoisotopic (exact) mass is 182 g/mol. The van der Waals surface area contributed by atoms with Crippen LogP contribution in [0, 0.1) is 11.3 Å². The van der Waals surface area contributed by atoms with Crippen LogP contribution in [-0.2, 0) is 0 Å². The molecule has 0 aromatic heterocycles. The Morgan fingerprint density at radius 1 is 1.46 bits per heavy atom. The molecule has 2 heteroatoms. The number of nitrogens with one attached hydrogen (secondary N) is 1. The van der Waals surface area contributed by atoms with E-state index in [-0.39, 0.29) is 0 Å². The molecule has 1 saturated carbocycles. The van der Waals surface area contributed by atoms with Crippen LogP contribution in [0.25, 0.3) is 0 Å². The van der Waals surface area contributed by atoms with Crippen LogP contribution in [0.1, 0.15) is 39.5 Å². The molecule has 1 rings (SSSR count). The summed E-state index contributed by atoms with van der Waals surface area (Å²) in [5, 5.41) is 0. The molecule has 13 heavy (non-hydrogen) atoms. The zero-order chi connectivity index (χ0) is 9.90. The highest BCUT2D eigenvalue weighted by atomic mass is 15.2. The van der Waals surface area contributed by atoms with Crippen LogP contribution in [0.5, 0.6) is 0 Å². The van der Waals surface area contributed by atoms with Gasteiger partial charge in [-0.05, 0) is 37.0 Å². The Hall–Kier alpha value is -0.340. The van der Waals surface area contributed by atoms with Gasteiger partial charge in [0.2, 0.25) is 0 Å². The van der Waals surface area contributed by atoms with Gasteiger partial charge >= 0.3 is 0 Å². The summed E-state index contributed by atoms with van der Waals surface area (Å²) in [7, 11) is 0. The summed E-state index contributed by atoms with van der Waals surface area (Å²) in [5.74, 6) is 6.15. The zero-order valence-corrected chi connectivity index (χ0v) is 8.84. The molecule has 1 atom stereocenters. The van der Waals surface area contributed by atoms with Crippen molar-refractivity contribution in [2.75, 3.05) is 0 Å². The normalized spacial score (nSPS) is 25.5. The van der Waals surface area contributed by atoms with Crippen molar-refractivity contribution in [2.45, 2.75) is 45.6 Å². The van der Waals surface area contributed by atoms with Crippen molar-refractivity contribution in [1.82, 2.24) is 5.43 Å². The summed E-state index contributed by atoms with van der Waals surface area (Å²) in [6, 6.07) is 0.302. The molecule has 0 aliphatic heterocycles. The Labute approximate surface area is 81.6 Å². The Balaban J connectivity index is 2.44. The number of hydrogen-bond donors (Lipinski definition) is 2. The van der Waals surface area contributed by atoms with E-state index in [1.165, 1.54) is 25.7 Å². The lowest BCUT2D eigenvalue weighted by molar-refractivity contribution is 0.174. The average molecular weight is 182 g/mol. The Bertz CT molecular complexity index is 165. The van der Waals surface area contributed by atoms with Crippen LogP contribution >= 0.6 is 0 Å². The standard InChI is InChI=1S/C11H22N2/c1-4-10(13-12)9-5-7-11(2,3)8-6-9/h4,9-10,13H,1,5-8,12H2,2-3H3. The van der Waals surface area contributed by atoms with E-state index >= 15 is 0 Å². The van der Waals surface area contributed by atoms with Crippen molar-refractivity contribution in [3.05, 3.63) is 12.7 Å². The van der Waals surface area contributed by atoms with E-state index in [4.69, 9.17) is 5.84 Å². The fourth-order valence-electron chi connectivity index (χ4n) is 2.18. The molecule has 0 aromatic rings. The fraction of sp³-hybridized carbons (Fsp3) is 0.818. The summed E-state index contributed by atoms with van der Waals surface area (Å²) in [6.07, 6.45) is 7.10. The molecule has 3 N–H and O–H groups in total. The van der Waals surface area contributed by atoms with E-state index in [0.717, 1.165) is 0 Å². The molecule has 1 fully saturated rings. The number of hydrazine groups is 1. The second kappa shape index (κ2) is 4.25. The minimum absolute atomic E-state index is 0.302. The van der Waals surface area contributed by atoms with Gasteiger partial charge in [-0.15, -0.1) is 6.58 Å². The number of nitrogens with two attached hydrogens (primary N) is 1. The van der Waals surface area contributed by atoms with Crippen LogP contribution in [0.15, 0.2) is 12.7 Å². The van der Waals surface area contributed by atoms with E-state index in [0.29, 0.717) is 17.4 Å². The largest absolute Gasteiger partial charge is 0.271 e.